The minimum Gasteiger partial charge on any atom is -0.450 e. The van der Waals surface area contributed by atoms with E-state index in [1.54, 1.807) is 10.6 Å². The van der Waals surface area contributed by atoms with E-state index in [0.29, 0.717) is 36.5 Å². The fourth-order valence-corrected chi connectivity index (χ4v) is 6.27. The molecule has 0 amide bonds. The lowest BCUT2D eigenvalue weighted by atomic mass is 9.87. The third kappa shape index (κ3) is 5.85. The van der Waals surface area contributed by atoms with Gasteiger partial charge in [0.1, 0.15) is 17.7 Å². The molecule has 3 aromatic rings. The second-order valence-corrected chi connectivity index (χ2v) is 11.4. The first kappa shape index (κ1) is 27.3. The molecular weight excluding hydrogens is 503 g/mol. The highest BCUT2D eigenvalue weighted by Gasteiger charge is 2.34. The molecule has 39 heavy (non-hydrogen) atoms. The van der Waals surface area contributed by atoms with Crippen LogP contribution < -0.4 is 5.56 Å². The summed E-state index contributed by atoms with van der Waals surface area (Å²) in [6.07, 6.45) is 2.77. The number of hydrogen-bond acceptors (Lipinski definition) is 7. The van der Waals surface area contributed by atoms with E-state index >= 15 is 0 Å². The van der Waals surface area contributed by atoms with Gasteiger partial charge in [0.25, 0.3) is 5.56 Å². The fraction of sp³-hybridized carbons (Fsp3) is 0.586. The molecule has 0 aliphatic carbocycles. The summed E-state index contributed by atoms with van der Waals surface area (Å²) in [5, 5.41) is 14.4. The van der Waals surface area contributed by atoms with Gasteiger partial charge in [0.05, 0.1) is 11.6 Å². The molecule has 10 heteroatoms. The summed E-state index contributed by atoms with van der Waals surface area (Å²) in [4.78, 5) is 32.2. The summed E-state index contributed by atoms with van der Waals surface area (Å²) in [6, 6.07) is 4.56. The molecule has 2 atom stereocenters. The van der Waals surface area contributed by atoms with Gasteiger partial charge in [-0.1, -0.05) is 19.0 Å². The zero-order chi connectivity index (χ0) is 27.7. The van der Waals surface area contributed by atoms with Crippen molar-refractivity contribution in [2.45, 2.75) is 83.8 Å². The van der Waals surface area contributed by atoms with Crippen molar-refractivity contribution in [2.75, 3.05) is 19.6 Å². The Bertz CT molecular complexity index is 1390. The SMILES string of the molecule is Cc1nc2n(c(=O)c1CCN1CCC(c3noc4cc(F)ccc34)CC1)CCCC2C(CC(C)C)OC(=O)O. The van der Waals surface area contributed by atoms with Gasteiger partial charge in [-0.25, -0.2) is 14.2 Å². The maximum Gasteiger partial charge on any atom is 0.506 e. The molecule has 1 fully saturated rings. The largest absolute Gasteiger partial charge is 0.506 e. The molecule has 2 aliphatic rings. The number of nitrogens with zero attached hydrogens (tertiary/aromatic N) is 4. The number of aromatic nitrogens is 3. The molecule has 0 bridgehead atoms. The topological polar surface area (TPSA) is 111 Å². The number of carboxylic acid groups (broad SMARTS) is 1. The molecule has 2 unspecified atom stereocenters. The highest BCUT2D eigenvalue weighted by molar-refractivity contribution is 5.79. The van der Waals surface area contributed by atoms with Crippen LogP contribution in [0.1, 0.15) is 80.6 Å². The molecule has 1 saturated heterocycles. The summed E-state index contributed by atoms with van der Waals surface area (Å²) in [7, 11) is 0. The van der Waals surface area contributed by atoms with E-state index in [-0.39, 0.29) is 29.1 Å². The minimum absolute atomic E-state index is 0.0167. The average molecular weight is 541 g/mol. The minimum atomic E-state index is -1.29. The molecule has 1 aromatic carbocycles. The number of carbonyl (C=O) groups is 1. The first-order chi connectivity index (χ1) is 18.7. The van der Waals surface area contributed by atoms with E-state index < -0.39 is 12.3 Å². The van der Waals surface area contributed by atoms with Gasteiger partial charge in [-0.15, -0.1) is 0 Å². The highest BCUT2D eigenvalue weighted by Crippen LogP contribution is 2.34. The van der Waals surface area contributed by atoms with Crippen LogP contribution in [-0.4, -0.2) is 56.6 Å². The van der Waals surface area contributed by atoms with Crippen LogP contribution in [0.4, 0.5) is 9.18 Å². The van der Waals surface area contributed by atoms with Gasteiger partial charge in [0, 0.05) is 41.7 Å². The Balaban J connectivity index is 1.26. The van der Waals surface area contributed by atoms with Gasteiger partial charge in [0.15, 0.2) is 5.58 Å². The number of hydrogen-bond donors (Lipinski definition) is 1. The number of benzene rings is 1. The molecular formula is C29H37FN4O5. The number of fused-ring (bicyclic) bond motifs is 2. The lowest BCUT2D eigenvalue weighted by Crippen LogP contribution is -2.40. The Hall–Kier alpha value is -3.27. The number of rotatable bonds is 8. The number of piperidine rings is 1. The van der Waals surface area contributed by atoms with E-state index in [2.05, 4.69) is 10.1 Å². The van der Waals surface area contributed by atoms with Crippen LogP contribution >= 0.6 is 0 Å². The maximum atomic E-state index is 13.6. The molecule has 5 rings (SSSR count). The van der Waals surface area contributed by atoms with Crippen molar-refractivity contribution >= 4 is 17.1 Å². The highest BCUT2D eigenvalue weighted by atomic mass is 19.1. The summed E-state index contributed by atoms with van der Waals surface area (Å²) in [5.74, 6) is 0.615. The smallest absolute Gasteiger partial charge is 0.450 e. The normalized spacial score (nSPS) is 19.4. The summed E-state index contributed by atoms with van der Waals surface area (Å²) >= 11 is 0. The van der Waals surface area contributed by atoms with Crippen LogP contribution in [0, 0.1) is 18.7 Å². The van der Waals surface area contributed by atoms with Crippen LogP contribution in [-0.2, 0) is 17.7 Å². The van der Waals surface area contributed by atoms with Crippen molar-refractivity contribution < 1.29 is 23.6 Å². The average Bonchev–Trinajstić information content (AvgIpc) is 3.30. The lowest BCUT2D eigenvalue weighted by molar-refractivity contribution is 0.0239. The number of aryl methyl sites for hydroxylation is 1. The van der Waals surface area contributed by atoms with Crippen molar-refractivity contribution in [1.82, 2.24) is 19.6 Å². The van der Waals surface area contributed by atoms with Crippen LogP contribution in [0.2, 0.25) is 0 Å². The third-order valence-corrected chi connectivity index (χ3v) is 8.25. The Morgan fingerprint density at radius 2 is 2.00 bits per heavy atom. The molecule has 210 valence electrons. The second kappa shape index (κ2) is 11.5. The van der Waals surface area contributed by atoms with Gasteiger partial charge in [0.2, 0.25) is 0 Å². The van der Waals surface area contributed by atoms with Crippen molar-refractivity contribution in [3.05, 3.63) is 57.1 Å². The number of halogens is 1. The third-order valence-electron chi connectivity index (χ3n) is 8.25. The van der Waals surface area contributed by atoms with Crippen molar-refractivity contribution in [3.63, 3.8) is 0 Å². The number of likely N-dealkylation sites (tertiary alicyclic amines) is 1. The lowest BCUT2D eigenvalue weighted by Gasteiger charge is -2.33. The van der Waals surface area contributed by atoms with Crippen LogP contribution in [0.5, 0.6) is 0 Å². The standard InChI is InChI=1S/C29H37FN4O5/c1-17(2)15-24(38-29(36)37)23-5-4-11-34-27(23)31-18(3)21(28(34)35)10-14-33-12-8-19(9-13-33)26-22-7-6-20(30)16-25(22)39-32-26/h6-7,16-17,19,23-24H,4-5,8-15H2,1-3H3,(H,36,37). The summed E-state index contributed by atoms with van der Waals surface area (Å²) in [6.45, 7) is 9.06. The Labute approximate surface area is 226 Å². The molecule has 1 N–H and O–H groups in total. The zero-order valence-corrected chi connectivity index (χ0v) is 22.9. The van der Waals surface area contributed by atoms with Crippen LogP contribution in [0.3, 0.4) is 0 Å². The summed E-state index contributed by atoms with van der Waals surface area (Å²) in [5.41, 5.74) is 2.81. The van der Waals surface area contributed by atoms with Crippen LogP contribution in [0.15, 0.2) is 27.5 Å². The molecule has 2 aliphatic heterocycles. The summed E-state index contributed by atoms with van der Waals surface area (Å²) < 4.78 is 25.9. The number of ether oxygens (including phenoxy) is 1. The van der Waals surface area contributed by atoms with E-state index in [4.69, 9.17) is 14.2 Å². The molecule has 2 aromatic heterocycles. The van der Waals surface area contributed by atoms with Crippen molar-refractivity contribution in [1.29, 1.82) is 0 Å². The van der Waals surface area contributed by atoms with Gasteiger partial charge in [-0.3, -0.25) is 9.36 Å². The van der Waals surface area contributed by atoms with E-state index in [1.807, 2.05) is 20.8 Å². The molecule has 0 radical (unpaired) electrons. The fourth-order valence-electron chi connectivity index (χ4n) is 6.27. The van der Waals surface area contributed by atoms with E-state index in [9.17, 15) is 19.1 Å². The quantitative estimate of drug-likeness (QED) is 0.386. The molecule has 4 heterocycles. The van der Waals surface area contributed by atoms with Gasteiger partial charge in [-0.2, -0.15) is 0 Å². The molecule has 9 nitrogen and oxygen atoms in total. The van der Waals surface area contributed by atoms with Gasteiger partial charge < -0.3 is 19.3 Å². The first-order valence-electron chi connectivity index (χ1n) is 14.0. The Morgan fingerprint density at radius 3 is 2.72 bits per heavy atom. The second-order valence-electron chi connectivity index (χ2n) is 11.4. The van der Waals surface area contributed by atoms with Gasteiger partial charge in [-0.05, 0) is 76.6 Å². The van der Waals surface area contributed by atoms with E-state index in [0.717, 1.165) is 62.0 Å². The maximum absolute atomic E-state index is 13.6. The Morgan fingerprint density at radius 1 is 1.23 bits per heavy atom. The van der Waals surface area contributed by atoms with E-state index in [1.165, 1.54) is 12.1 Å². The predicted octanol–water partition coefficient (Wildman–Crippen LogP) is 5.24. The zero-order valence-electron chi connectivity index (χ0n) is 22.9. The van der Waals surface area contributed by atoms with Gasteiger partial charge >= 0.3 is 6.16 Å². The van der Waals surface area contributed by atoms with Crippen molar-refractivity contribution in [3.8, 4) is 0 Å². The van der Waals surface area contributed by atoms with Crippen LogP contribution in [0.25, 0.3) is 11.0 Å². The molecule has 0 saturated carbocycles. The predicted molar refractivity (Wildman–Crippen MR) is 144 cm³/mol. The van der Waals surface area contributed by atoms with Crippen molar-refractivity contribution in [2.24, 2.45) is 5.92 Å². The monoisotopic (exact) mass is 540 g/mol. The Kier molecular flexibility index (Phi) is 8.02. The molecule has 0 spiro atoms. The first-order valence-corrected chi connectivity index (χ1v) is 14.0.